The Bertz CT molecular complexity index is 1200. The molecule has 1 saturated heterocycles. The van der Waals surface area contributed by atoms with Crippen molar-refractivity contribution in [2.45, 2.75) is 57.6 Å². The summed E-state index contributed by atoms with van der Waals surface area (Å²) in [7, 11) is 0. The Morgan fingerprint density at radius 3 is 2.59 bits per heavy atom. The Hall–Kier alpha value is -3.57. The van der Waals surface area contributed by atoms with Gasteiger partial charge in [0.2, 0.25) is 0 Å². The molecule has 9 nitrogen and oxygen atoms in total. The van der Waals surface area contributed by atoms with Gasteiger partial charge >= 0.3 is 12.2 Å². The molecule has 37 heavy (non-hydrogen) atoms. The maximum absolute atomic E-state index is 13.5. The van der Waals surface area contributed by atoms with Crippen LogP contribution in [-0.4, -0.2) is 52.2 Å². The lowest BCUT2D eigenvalue weighted by Crippen LogP contribution is -2.43. The highest BCUT2D eigenvalue weighted by atomic mass is 32.1. The van der Waals surface area contributed by atoms with Gasteiger partial charge in [-0.15, -0.1) is 5.10 Å². The van der Waals surface area contributed by atoms with Crippen LogP contribution in [0.3, 0.4) is 0 Å². The number of amides is 1. The van der Waals surface area contributed by atoms with Crippen molar-refractivity contribution in [2.24, 2.45) is 0 Å². The van der Waals surface area contributed by atoms with E-state index in [0.717, 1.165) is 16.0 Å². The van der Waals surface area contributed by atoms with Crippen LogP contribution in [0.25, 0.3) is 10.4 Å². The lowest BCUT2D eigenvalue weighted by molar-refractivity contribution is -0.0518. The van der Waals surface area contributed by atoms with E-state index >= 15 is 0 Å². The lowest BCUT2D eigenvalue weighted by atomic mass is 10.0. The molecule has 1 fully saturated rings. The number of rotatable bonds is 7. The number of carbonyl (C=O) groups is 2. The SMILES string of the molecule is CC(C)(C)OC(=O)OC1CN[C@H](Cc2ccc(-c3cnns3)cc2)[C@@H]1OC(=O)NCc1cccc(F)c1. The third-order valence-electron chi connectivity index (χ3n) is 5.61. The molecule has 1 aromatic heterocycles. The highest BCUT2D eigenvalue weighted by molar-refractivity contribution is 7.09. The number of nitrogens with one attached hydrogen (secondary N) is 2. The van der Waals surface area contributed by atoms with Gasteiger partial charge in [0.05, 0.1) is 17.1 Å². The summed E-state index contributed by atoms with van der Waals surface area (Å²) in [6.45, 7) is 5.60. The third kappa shape index (κ3) is 7.70. The van der Waals surface area contributed by atoms with E-state index in [1.165, 1.54) is 23.7 Å². The molecule has 2 N–H and O–H groups in total. The third-order valence-corrected chi connectivity index (χ3v) is 6.32. The molecule has 4 rings (SSSR count). The van der Waals surface area contributed by atoms with Crippen molar-refractivity contribution >= 4 is 23.8 Å². The van der Waals surface area contributed by atoms with E-state index < -0.39 is 35.9 Å². The van der Waals surface area contributed by atoms with Crippen molar-refractivity contribution in [2.75, 3.05) is 6.54 Å². The number of ether oxygens (including phenoxy) is 3. The smallest absolute Gasteiger partial charge is 0.441 e. The number of hydrogen-bond acceptors (Lipinski definition) is 9. The van der Waals surface area contributed by atoms with Crippen LogP contribution in [-0.2, 0) is 27.2 Å². The minimum absolute atomic E-state index is 0.0902. The molecule has 0 bridgehead atoms. The van der Waals surface area contributed by atoms with Crippen molar-refractivity contribution in [3.63, 3.8) is 0 Å². The Morgan fingerprint density at radius 1 is 1.14 bits per heavy atom. The Morgan fingerprint density at radius 2 is 1.92 bits per heavy atom. The minimum atomic E-state index is -0.837. The molecule has 0 aliphatic carbocycles. The van der Waals surface area contributed by atoms with E-state index in [1.54, 1.807) is 39.1 Å². The van der Waals surface area contributed by atoms with Crippen molar-refractivity contribution in [1.82, 2.24) is 20.2 Å². The summed E-state index contributed by atoms with van der Waals surface area (Å²) >= 11 is 1.32. The molecule has 0 saturated carbocycles. The molecule has 2 aromatic carbocycles. The van der Waals surface area contributed by atoms with Gasteiger partial charge in [0.25, 0.3) is 0 Å². The van der Waals surface area contributed by atoms with Gasteiger partial charge in [-0.05, 0) is 67.5 Å². The van der Waals surface area contributed by atoms with Crippen LogP contribution < -0.4 is 10.6 Å². The summed E-state index contributed by atoms with van der Waals surface area (Å²) in [6, 6.07) is 13.5. The first kappa shape index (κ1) is 26.5. The molecule has 196 valence electrons. The molecule has 3 aromatic rings. The van der Waals surface area contributed by atoms with E-state index in [1.807, 2.05) is 24.3 Å². The first-order chi connectivity index (χ1) is 17.7. The van der Waals surface area contributed by atoms with Crippen LogP contribution in [0, 0.1) is 5.82 Å². The fourth-order valence-electron chi connectivity index (χ4n) is 3.95. The minimum Gasteiger partial charge on any atom is -0.441 e. The fourth-order valence-corrected chi connectivity index (χ4v) is 4.47. The number of nitrogens with zero attached hydrogens (tertiary/aromatic N) is 2. The van der Waals surface area contributed by atoms with Crippen molar-refractivity contribution in [3.8, 4) is 10.4 Å². The highest BCUT2D eigenvalue weighted by Gasteiger charge is 2.42. The highest BCUT2D eigenvalue weighted by Crippen LogP contribution is 2.25. The molecule has 1 amide bonds. The normalized spacial score (nSPS) is 19.3. The molecular formula is C26H29FN4O5S. The van der Waals surface area contributed by atoms with Gasteiger partial charge in [-0.3, -0.25) is 0 Å². The second-order valence-electron chi connectivity index (χ2n) is 9.67. The Balaban J connectivity index is 1.43. The number of alkyl carbamates (subject to hydrolysis) is 1. The molecule has 0 radical (unpaired) electrons. The first-order valence-electron chi connectivity index (χ1n) is 11.8. The van der Waals surface area contributed by atoms with Gasteiger partial charge in [0.1, 0.15) is 11.4 Å². The quantitative estimate of drug-likeness (QED) is 0.432. The standard InChI is InChI=1S/C26H29FN4O5S/c1-26(2,3)36-25(33)34-21-14-28-20(12-16-7-9-18(10-8-16)22-15-30-31-37-22)23(21)35-24(32)29-13-17-5-4-6-19(27)11-17/h4-11,15,20-21,23,28H,12-14H2,1-3H3,(H,29,32)/t20-,21?,23+/m1/s1. The molecule has 1 aliphatic rings. The van der Waals surface area contributed by atoms with Gasteiger partial charge in [0, 0.05) is 13.1 Å². The molecule has 0 spiro atoms. The molecule has 2 heterocycles. The Kier molecular flexibility index (Phi) is 8.34. The monoisotopic (exact) mass is 528 g/mol. The maximum atomic E-state index is 13.5. The van der Waals surface area contributed by atoms with Crippen LogP contribution in [0.5, 0.6) is 0 Å². The van der Waals surface area contributed by atoms with Gasteiger partial charge in [0.15, 0.2) is 12.2 Å². The van der Waals surface area contributed by atoms with Gasteiger partial charge in [-0.1, -0.05) is 40.9 Å². The molecule has 11 heteroatoms. The predicted octanol–water partition coefficient (Wildman–Crippen LogP) is 4.47. The summed E-state index contributed by atoms with van der Waals surface area (Å²) in [5.41, 5.74) is 1.88. The Labute approximate surface area is 218 Å². The maximum Gasteiger partial charge on any atom is 0.509 e. The topological polar surface area (TPSA) is 112 Å². The van der Waals surface area contributed by atoms with Crippen LogP contribution in [0.2, 0.25) is 0 Å². The number of benzene rings is 2. The fraction of sp³-hybridized carbons (Fsp3) is 0.385. The van der Waals surface area contributed by atoms with Crippen LogP contribution in [0.4, 0.5) is 14.0 Å². The van der Waals surface area contributed by atoms with E-state index in [4.69, 9.17) is 14.2 Å². The van der Waals surface area contributed by atoms with Crippen LogP contribution in [0.15, 0.2) is 54.7 Å². The summed E-state index contributed by atoms with van der Waals surface area (Å²) in [4.78, 5) is 26.0. The molecule has 3 atom stereocenters. The van der Waals surface area contributed by atoms with E-state index in [-0.39, 0.29) is 19.1 Å². The molecular weight excluding hydrogens is 499 g/mol. The van der Waals surface area contributed by atoms with Gasteiger partial charge in [-0.25, -0.2) is 14.0 Å². The van der Waals surface area contributed by atoms with E-state index in [9.17, 15) is 14.0 Å². The van der Waals surface area contributed by atoms with Crippen molar-refractivity contribution in [1.29, 1.82) is 0 Å². The van der Waals surface area contributed by atoms with Gasteiger partial charge < -0.3 is 24.8 Å². The first-order valence-corrected chi connectivity index (χ1v) is 12.6. The summed E-state index contributed by atoms with van der Waals surface area (Å²) in [6.07, 6.45) is -0.821. The summed E-state index contributed by atoms with van der Waals surface area (Å²) in [5, 5.41) is 9.80. The lowest BCUT2D eigenvalue weighted by Gasteiger charge is -2.26. The molecule has 1 aliphatic heterocycles. The average molecular weight is 529 g/mol. The van der Waals surface area contributed by atoms with Crippen molar-refractivity contribution < 1.29 is 28.2 Å². The van der Waals surface area contributed by atoms with Crippen molar-refractivity contribution in [3.05, 3.63) is 71.7 Å². The number of halogens is 1. The van der Waals surface area contributed by atoms with E-state index in [2.05, 4.69) is 20.2 Å². The number of hydrogen-bond donors (Lipinski definition) is 2. The predicted molar refractivity (Wildman–Crippen MR) is 135 cm³/mol. The zero-order valence-electron chi connectivity index (χ0n) is 20.8. The molecule has 1 unspecified atom stereocenters. The zero-order valence-corrected chi connectivity index (χ0v) is 21.6. The number of carbonyl (C=O) groups excluding carboxylic acids is 2. The summed E-state index contributed by atoms with van der Waals surface area (Å²) in [5.74, 6) is -0.392. The zero-order chi connectivity index (χ0) is 26.4. The largest absolute Gasteiger partial charge is 0.509 e. The summed E-state index contributed by atoms with van der Waals surface area (Å²) < 4.78 is 33.9. The average Bonchev–Trinajstić information content (AvgIpc) is 3.49. The van der Waals surface area contributed by atoms with E-state index in [0.29, 0.717) is 12.0 Å². The van der Waals surface area contributed by atoms with Crippen LogP contribution >= 0.6 is 11.5 Å². The van der Waals surface area contributed by atoms with Gasteiger partial charge in [-0.2, -0.15) is 0 Å². The second-order valence-corrected chi connectivity index (χ2v) is 10.5. The van der Waals surface area contributed by atoms with Crippen LogP contribution in [0.1, 0.15) is 31.9 Å². The number of aromatic nitrogens is 2. The second kappa shape index (κ2) is 11.7.